The number of urea groups is 1. The third-order valence-corrected chi connectivity index (χ3v) is 7.44. The minimum Gasteiger partial charge on any atom is -0.477 e. The maximum absolute atomic E-state index is 13.3. The Hall–Kier alpha value is -3.65. The second-order valence-electron chi connectivity index (χ2n) is 8.11. The van der Waals surface area contributed by atoms with Gasteiger partial charge in [-0.15, -0.1) is 11.8 Å². The van der Waals surface area contributed by atoms with Gasteiger partial charge in [-0.05, 0) is 17.8 Å². The lowest BCUT2D eigenvalue weighted by molar-refractivity contribution is -0.151. The van der Waals surface area contributed by atoms with Gasteiger partial charge in [-0.3, -0.25) is 24.2 Å². The summed E-state index contributed by atoms with van der Waals surface area (Å²) in [4.78, 5) is 63.7. The first kappa shape index (κ1) is 25.4. The van der Waals surface area contributed by atoms with Crippen molar-refractivity contribution < 1.29 is 33.8 Å². The zero-order valence-electron chi connectivity index (χ0n) is 19.1. The van der Waals surface area contributed by atoms with E-state index in [1.54, 1.807) is 30.3 Å². The Morgan fingerprint density at radius 3 is 2.61 bits per heavy atom. The van der Waals surface area contributed by atoms with Gasteiger partial charge in [-0.1, -0.05) is 30.3 Å². The molecule has 0 saturated carbocycles. The van der Waals surface area contributed by atoms with Gasteiger partial charge in [0, 0.05) is 31.3 Å². The normalized spacial score (nSPS) is 21.7. The van der Waals surface area contributed by atoms with Crippen molar-refractivity contribution in [2.75, 3.05) is 25.4 Å². The zero-order valence-corrected chi connectivity index (χ0v) is 20.7. The summed E-state index contributed by atoms with van der Waals surface area (Å²) >= 11 is 6.61. The third kappa shape index (κ3) is 4.99. The Labute approximate surface area is 215 Å². The molecule has 14 heteroatoms. The van der Waals surface area contributed by atoms with Gasteiger partial charge in [0.15, 0.2) is 5.11 Å². The molecule has 4 rings (SSSR count). The highest BCUT2D eigenvalue weighted by molar-refractivity contribution is 8.00. The average Bonchev–Trinajstić information content (AvgIpc) is 3.29. The molecule has 2 saturated heterocycles. The molecule has 12 nitrogen and oxygen atoms in total. The lowest BCUT2D eigenvalue weighted by Crippen LogP contribution is -2.71. The summed E-state index contributed by atoms with van der Waals surface area (Å²) in [6.45, 7) is 1.74. The average molecular weight is 534 g/mol. The van der Waals surface area contributed by atoms with E-state index in [1.807, 2.05) is 0 Å². The van der Waals surface area contributed by atoms with E-state index in [0.29, 0.717) is 24.2 Å². The number of thiocarbonyl (C=S) groups is 1. The van der Waals surface area contributed by atoms with Crippen LogP contribution in [0.3, 0.4) is 0 Å². The lowest BCUT2D eigenvalue weighted by atomic mass is 10.0. The van der Waals surface area contributed by atoms with E-state index in [1.165, 1.54) is 23.6 Å². The summed E-state index contributed by atoms with van der Waals surface area (Å²) in [6, 6.07) is 6.34. The molecule has 4 N–H and O–H groups in total. The maximum Gasteiger partial charge on any atom is 0.352 e. The first-order chi connectivity index (χ1) is 17.2. The molecule has 4 amide bonds. The van der Waals surface area contributed by atoms with E-state index in [9.17, 15) is 29.1 Å². The number of ether oxygens (including phenoxy) is 1. The van der Waals surface area contributed by atoms with Gasteiger partial charge in [-0.2, -0.15) is 0 Å². The number of hydrogen-bond donors (Lipinski definition) is 4. The number of rotatable bonds is 7. The number of benzene rings is 1. The number of β-lactam (4-membered cyclic amide) rings is 1. The van der Waals surface area contributed by atoms with Crippen LogP contribution < -0.4 is 16.0 Å². The Morgan fingerprint density at radius 2 is 2.00 bits per heavy atom. The molecular formula is C22H23N5O7S2. The molecule has 1 aromatic carbocycles. The number of carbonyl (C=O) groups excluding carboxylic acids is 4. The van der Waals surface area contributed by atoms with Gasteiger partial charge in [0.25, 0.3) is 5.91 Å². The molecule has 3 aliphatic rings. The molecule has 3 atom stereocenters. The van der Waals surface area contributed by atoms with E-state index in [2.05, 4.69) is 16.0 Å². The van der Waals surface area contributed by atoms with E-state index in [4.69, 9.17) is 17.0 Å². The van der Waals surface area contributed by atoms with Crippen molar-refractivity contribution in [3.63, 3.8) is 0 Å². The summed E-state index contributed by atoms with van der Waals surface area (Å²) in [7, 11) is 0. The largest absolute Gasteiger partial charge is 0.477 e. The van der Waals surface area contributed by atoms with Gasteiger partial charge >= 0.3 is 18.0 Å². The van der Waals surface area contributed by atoms with Crippen molar-refractivity contribution in [3.05, 3.63) is 47.2 Å². The molecule has 1 aromatic rings. The molecule has 0 aromatic heterocycles. The molecule has 3 heterocycles. The standard InChI is InChI=1S/C22H23N5O7S2/c1-11(28)34-9-13-10-36-19-15(18(30)27(19)16(13)20(31)32)24-17(29)14(12-5-3-2-4-6-12)25-22(35)26-8-7-23-21(26)33/h2-6,14-15,19H,7-10H2,1H3,(H,23,33)(H,24,29)(H,25,35)(H,31,32)/t14?,15?,19-/m1/s1. The first-order valence-electron chi connectivity index (χ1n) is 10.9. The highest BCUT2D eigenvalue weighted by Gasteiger charge is 2.54. The number of hydrogen-bond acceptors (Lipinski definition) is 8. The van der Waals surface area contributed by atoms with Crippen LogP contribution in [-0.4, -0.2) is 86.7 Å². The van der Waals surface area contributed by atoms with E-state index in [0.717, 1.165) is 4.90 Å². The van der Waals surface area contributed by atoms with Crippen LogP contribution in [0, 0.1) is 0 Å². The minimum absolute atomic E-state index is 0.0637. The van der Waals surface area contributed by atoms with Crippen LogP contribution in [-0.2, 0) is 23.9 Å². The number of carboxylic acid groups (broad SMARTS) is 1. The number of carbonyl (C=O) groups is 5. The van der Waals surface area contributed by atoms with E-state index < -0.39 is 41.2 Å². The first-order valence-corrected chi connectivity index (χ1v) is 12.4. The number of carboxylic acids is 1. The highest BCUT2D eigenvalue weighted by atomic mass is 32.2. The van der Waals surface area contributed by atoms with Crippen molar-refractivity contribution >= 4 is 58.9 Å². The fourth-order valence-corrected chi connectivity index (χ4v) is 5.65. The van der Waals surface area contributed by atoms with Gasteiger partial charge in [-0.25, -0.2) is 9.59 Å². The molecule has 0 bridgehead atoms. The number of amides is 4. The van der Waals surface area contributed by atoms with Crippen molar-refractivity contribution in [2.45, 2.75) is 24.4 Å². The predicted octanol–water partition coefficient (Wildman–Crippen LogP) is -0.0709. The van der Waals surface area contributed by atoms with Crippen molar-refractivity contribution in [1.29, 1.82) is 0 Å². The summed E-state index contributed by atoms with van der Waals surface area (Å²) < 4.78 is 4.93. The van der Waals surface area contributed by atoms with Crippen LogP contribution in [0.4, 0.5) is 4.79 Å². The molecule has 0 radical (unpaired) electrons. The second-order valence-corrected chi connectivity index (χ2v) is 9.60. The Balaban J connectivity index is 1.50. The number of thioether (sulfide) groups is 1. The molecular weight excluding hydrogens is 510 g/mol. The van der Waals surface area contributed by atoms with Crippen LogP contribution in [0.15, 0.2) is 41.6 Å². The minimum atomic E-state index is -1.32. The molecule has 190 valence electrons. The van der Waals surface area contributed by atoms with E-state index >= 15 is 0 Å². The second kappa shape index (κ2) is 10.5. The van der Waals surface area contributed by atoms with Crippen LogP contribution in [0.5, 0.6) is 0 Å². The summed E-state index contributed by atoms with van der Waals surface area (Å²) in [6.07, 6.45) is 0. The van der Waals surface area contributed by atoms with Crippen LogP contribution in [0.1, 0.15) is 18.5 Å². The van der Waals surface area contributed by atoms with Gasteiger partial charge in [0.2, 0.25) is 5.91 Å². The summed E-state index contributed by atoms with van der Waals surface area (Å²) in [5.41, 5.74) is 0.622. The Kier molecular flexibility index (Phi) is 7.45. The molecule has 2 unspecified atom stereocenters. The van der Waals surface area contributed by atoms with Crippen LogP contribution >= 0.6 is 24.0 Å². The van der Waals surface area contributed by atoms with Crippen LogP contribution in [0.2, 0.25) is 0 Å². The Bertz CT molecular complexity index is 1160. The maximum atomic E-state index is 13.3. The van der Waals surface area contributed by atoms with Gasteiger partial charge in [0.05, 0.1) is 0 Å². The highest BCUT2D eigenvalue weighted by Crippen LogP contribution is 2.40. The van der Waals surface area contributed by atoms with Gasteiger partial charge in [0.1, 0.15) is 29.8 Å². The van der Waals surface area contributed by atoms with Crippen molar-refractivity contribution in [1.82, 2.24) is 25.8 Å². The predicted molar refractivity (Wildman–Crippen MR) is 131 cm³/mol. The number of aliphatic carboxylic acids is 1. The summed E-state index contributed by atoms with van der Waals surface area (Å²) in [5, 5.41) is 17.4. The lowest BCUT2D eigenvalue weighted by Gasteiger charge is -2.49. The number of nitrogens with zero attached hydrogens (tertiary/aromatic N) is 2. The molecule has 2 fully saturated rings. The topological polar surface area (TPSA) is 157 Å². The number of esters is 1. The number of nitrogens with one attached hydrogen (secondary N) is 3. The summed E-state index contributed by atoms with van der Waals surface area (Å²) in [5.74, 6) is -2.83. The molecule has 3 aliphatic heterocycles. The fraction of sp³-hybridized carbons (Fsp3) is 0.364. The zero-order chi connectivity index (χ0) is 26.0. The SMILES string of the molecule is CC(=O)OCC1=C(C(=O)O)N2C(=O)C(NC(=O)C(NC(=S)N3CCNC3=O)c3ccccc3)[C@H]2SC1. The molecule has 0 spiro atoms. The van der Waals surface area contributed by atoms with Crippen molar-refractivity contribution in [2.24, 2.45) is 0 Å². The smallest absolute Gasteiger partial charge is 0.352 e. The fourth-order valence-electron chi connectivity index (χ4n) is 4.03. The molecule has 0 aliphatic carbocycles. The van der Waals surface area contributed by atoms with Crippen molar-refractivity contribution in [3.8, 4) is 0 Å². The number of fused-ring (bicyclic) bond motifs is 1. The van der Waals surface area contributed by atoms with E-state index in [-0.39, 0.29) is 29.2 Å². The monoisotopic (exact) mass is 533 g/mol. The quantitative estimate of drug-likeness (QED) is 0.212. The third-order valence-electron chi connectivity index (χ3n) is 5.76. The van der Waals surface area contributed by atoms with Crippen LogP contribution in [0.25, 0.3) is 0 Å². The van der Waals surface area contributed by atoms with Gasteiger partial charge < -0.3 is 25.8 Å². The Morgan fingerprint density at radius 1 is 1.28 bits per heavy atom. The molecule has 36 heavy (non-hydrogen) atoms.